The van der Waals surface area contributed by atoms with Crippen LogP contribution in [-0.2, 0) is 10.8 Å². The normalized spacial score (nSPS) is 14.1. The highest BCUT2D eigenvalue weighted by molar-refractivity contribution is 7.55. The van der Waals surface area contributed by atoms with Crippen LogP contribution in [0.1, 0.15) is 75.2 Å². The van der Waals surface area contributed by atoms with Crippen molar-refractivity contribution in [2.24, 2.45) is 0 Å². The molecule has 35 heavy (non-hydrogen) atoms. The van der Waals surface area contributed by atoms with Gasteiger partial charge in [-0.25, -0.2) is 9.49 Å². The maximum absolute atomic E-state index is 5.05. The van der Waals surface area contributed by atoms with Crippen molar-refractivity contribution in [1.29, 1.82) is 0 Å². The Bertz CT molecular complexity index is 1170. The molecule has 3 aromatic rings. The van der Waals surface area contributed by atoms with E-state index in [-0.39, 0.29) is 10.8 Å². The van der Waals surface area contributed by atoms with E-state index in [9.17, 15) is 0 Å². The molecule has 190 valence electrons. The third kappa shape index (κ3) is 5.49. The summed E-state index contributed by atoms with van der Waals surface area (Å²) in [6.07, 6.45) is 0. The van der Waals surface area contributed by atoms with Crippen molar-refractivity contribution in [1.82, 2.24) is 9.49 Å². The molecule has 0 radical (unpaired) electrons. The lowest BCUT2D eigenvalue weighted by Crippen LogP contribution is -2.53. The van der Waals surface area contributed by atoms with E-state index in [0.29, 0.717) is 0 Å². The zero-order valence-electron chi connectivity index (χ0n) is 24.4. The molecule has 0 aliphatic carbocycles. The topological polar surface area (TPSA) is 25.8 Å². The third-order valence-corrected chi connectivity index (χ3v) is 25.3. The second kappa shape index (κ2) is 9.60. The van der Waals surface area contributed by atoms with Gasteiger partial charge in [0.25, 0.3) is 0 Å². The van der Waals surface area contributed by atoms with E-state index >= 15 is 0 Å². The molecule has 2 nitrogen and oxygen atoms in total. The Morgan fingerprint density at radius 1 is 0.629 bits per heavy atom. The quantitative estimate of drug-likeness (QED) is 0.318. The number of hydrogen-bond acceptors (Lipinski definition) is 2. The number of nitrogens with zero attached hydrogens (tertiary/aromatic N) is 2. The Hall–Kier alpha value is -0.626. The Morgan fingerprint density at radius 2 is 0.943 bits per heavy atom. The monoisotopic (exact) mass is 558 g/mol. The van der Waals surface area contributed by atoms with Crippen molar-refractivity contribution in [3.63, 3.8) is 0 Å². The summed E-state index contributed by atoms with van der Waals surface area (Å²) in [5.41, 5.74) is 8.74. The van der Waals surface area contributed by atoms with Crippen molar-refractivity contribution in [2.75, 3.05) is 0 Å². The zero-order valence-corrected chi connectivity index (χ0v) is 29.2. The van der Waals surface area contributed by atoms with Gasteiger partial charge in [0.05, 0.1) is 11.4 Å². The maximum atomic E-state index is 5.05. The molecule has 0 saturated carbocycles. The standard InChI is InChI=1S/C28H45N2P3Si2/c1-17-15-21(27(5,6)7)29-32-23(17)34(11,12)25-19(3)20(4)26(31-25)35(13,14)24-18(2)16-22(30-33-24)28(8,9)10/h15-16,31H,1-14H3. The van der Waals surface area contributed by atoms with Crippen LogP contribution in [0.3, 0.4) is 0 Å². The predicted molar refractivity (Wildman–Crippen MR) is 169 cm³/mol. The molecule has 0 atom stereocenters. The van der Waals surface area contributed by atoms with E-state index in [0.717, 1.165) is 8.19 Å². The van der Waals surface area contributed by atoms with Crippen LogP contribution in [0.15, 0.2) is 12.1 Å². The highest BCUT2D eigenvalue weighted by Gasteiger charge is 2.38. The highest BCUT2D eigenvalue weighted by atomic mass is 31.1. The van der Waals surface area contributed by atoms with Crippen LogP contribution in [0.4, 0.5) is 0 Å². The van der Waals surface area contributed by atoms with Gasteiger partial charge in [-0.3, -0.25) is 0 Å². The van der Waals surface area contributed by atoms with Gasteiger partial charge < -0.3 is 0 Å². The fourth-order valence-electron chi connectivity index (χ4n) is 5.11. The van der Waals surface area contributed by atoms with Crippen molar-refractivity contribution in [3.05, 3.63) is 45.8 Å². The van der Waals surface area contributed by atoms with Crippen molar-refractivity contribution in [2.45, 2.75) is 106 Å². The van der Waals surface area contributed by atoms with Gasteiger partial charge >= 0.3 is 0 Å². The lowest BCUT2D eigenvalue weighted by Gasteiger charge is -2.27. The minimum atomic E-state index is -1.80. The molecule has 0 spiro atoms. The average molecular weight is 559 g/mol. The first-order valence-electron chi connectivity index (χ1n) is 12.7. The highest BCUT2D eigenvalue weighted by Crippen LogP contribution is 2.29. The van der Waals surface area contributed by atoms with Crippen LogP contribution < -0.4 is 19.7 Å². The van der Waals surface area contributed by atoms with Gasteiger partial charge in [-0.2, -0.15) is 0 Å². The van der Waals surface area contributed by atoms with Crippen LogP contribution in [0.5, 0.6) is 0 Å². The number of hydrogen-bond donors (Lipinski definition) is 0. The van der Waals surface area contributed by atoms with Crippen LogP contribution in [0, 0.1) is 27.7 Å². The minimum Gasteiger partial charge on any atom is -0.232 e. The Morgan fingerprint density at radius 3 is 1.20 bits per heavy atom. The summed E-state index contributed by atoms with van der Waals surface area (Å²) in [6, 6.07) is 4.73. The van der Waals surface area contributed by atoms with Crippen LogP contribution in [0.2, 0.25) is 26.2 Å². The molecule has 3 rings (SSSR count). The Labute approximate surface area is 221 Å². The van der Waals surface area contributed by atoms with Gasteiger partial charge in [-0.1, -0.05) is 67.7 Å². The van der Waals surface area contributed by atoms with E-state index in [2.05, 4.69) is 108 Å². The smallest absolute Gasteiger partial charge is 0.125 e. The summed E-state index contributed by atoms with van der Waals surface area (Å²) < 4.78 is 10.1. The molecular weight excluding hydrogens is 513 g/mol. The van der Waals surface area contributed by atoms with Crippen molar-refractivity contribution < 1.29 is 0 Å². The van der Waals surface area contributed by atoms with E-state index < -0.39 is 16.1 Å². The largest absolute Gasteiger partial charge is 0.232 e. The van der Waals surface area contributed by atoms with Crippen LogP contribution in [-0.4, -0.2) is 25.6 Å². The van der Waals surface area contributed by atoms with Gasteiger partial charge in [0.1, 0.15) is 16.1 Å². The van der Waals surface area contributed by atoms with E-state index in [1.165, 1.54) is 39.2 Å². The molecule has 0 aliphatic heterocycles. The summed E-state index contributed by atoms with van der Waals surface area (Å²) in [5.74, 6) is 0. The van der Waals surface area contributed by atoms with Gasteiger partial charge in [0.2, 0.25) is 0 Å². The molecule has 0 N–H and O–H groups in total. The summed E-state index contributed by atoms with van der Waals surface area (Å²) >= 11 is 0. The summed E-state index contributed by atoms with van der Waals surface area (Å²) in [5, 5.41) is 0. The van der Waals surface area contributed by atoms with Crippen molar-refractivity contribution >= 4 is 60.7 Å². The van der Waals surface area contributed by atoms with E-state index in [1.54, 1.807) is 30.8 Å². The van der Waals surface area contributed by atoms with E-state index in [4.69, 9.17) is 9.49 Å². The van der Waals surface area contributed by atoms with Crippen LogP contribution in [0.25, 0.3) is 0 Å². The van der Waals surface area contributed by atoms with Gasteiger partial charge in [0, 0.05) is 27.5 Å². The second-order valence-electron chi connectivity index (χ2n) is 13.4. The lowest BCUT2D eigenvalue weighted by molar-refractivity contribution is 0.574. The molecule has 7 heteroatoms. The molecule has 0 aliphatic rings. The molecule has 0 unspecified atom stereocenters. The molecule has 0 saturated heterocycles. The van der Waals surface area contributed by atoms with Gasteiger partial charge in [0.15, 0.2) is 0 Å². The minimum absolute atomic E-state index is 0.105. The van der Waals surface area contributed by atoms with Crippen LogP contribution >= 0.6 is 24.9 Å². The first-order valence-corrected chi connectivity index (χ1v) is 21.4. The lowest BCUT2D eigenvalue weighted by atomic mass is 9.92. The molecule has 0 fully saturated rings. The van der Waals surface area contributed by atoms with Crippen molar-refractivity contribution in [3.8, 4) is 0 Å². The number of aryl methyl sites for hydroxylation is 2. The predicted octanol–water partition coefficient (Wildman–Crippen LogP) is 7.14. The van der Waals surface area contributed by atoms with Gasteiger partial charge in [-0.15, -0.1) is 8.19 Å². The Kier molecular flexibility index (Phi) is 7.93. The summed E-state index contributed by atoms with van der Waals surface area (Å²) in [6.45, 7) is 33.3. The van der Waals surface area contributed by atoms with E-state index in [1.807, 2.05) is 0 Å². The summed E-state index contributed by atoms with van der Waals surface area (Å²) in [4.78, 5) is 6.70. The summed E-state index contributed by atoms with van der Waals surface area (Å²) in [7, 11) is -0.417. The SMILES string of the molecule is Cc1cc(C(C)(C)C)npc1[Si](C)(C)c1[pH]c([Si](C)(C)c2pnc(C(C)(C)C)cc2C)c(C)c1C. The fraction of sp³-hybridized carbons (Fsp3) is 0.571. The number of aromatic nitrogens is 2. The molecular formula is C28H45N2P3Si2. The molecule has 3 heterocycles. The second-order valence-corrected chi connectivity index (χ2v) is 26.7. The average Bonchev–Trinajstić information content (AvgIpc) is 3.02. The fourth-order valence-corrected chi connectivity index (χ4v) is 20.5. The Balaban J connectivity index is 2.12. The molecule has 0 bridgehead atoms. The molecule has 0 amide bonds. The maximum Gasteiger partial charge on any atom is 0.125 e. The zero-order chi connectivity index (χ0) is 26.7. The number of rotatable bonds is 4. The molecule has 0 aromatic carbocycles. The third-order valence-electron chi connectivity index (χ3n) is 7.50. The molecule has 3 aromatic heterocycles. The first kappa shape index (κ1) is 28.9. The van der Waals surface area contributed by atoms with Gasteiger partial charge in [-0.05, 0) is 81.8 Å². The first-order chi connectivity index (χ1) is 15.8.